The van der Waals surface area contributed by atoms with Crippen LogP contribution < -0.4 is 0 Å². The first-order chi connectivity index (χ1) is 10.3. The number of nitro groups is 1. The van der Waals surface area contributed by atoms with Gasteiger partial charge in [0.05, 0.1) is 10.5 Å². The monoisotopic (exact) mass is 339 g/mol. The van der Waals surface area contributed by atoms with Crippen molar-refractivity contribution in [3.05, 3.63) is 63.4 Å². The molecule has 2 N–H and O–H groups in total. The van der Waals surface area contributed by atoms with Gasteiger partial charge in [0.2, 0.25) is 0 Å². The van der Waals surface area contributed by atoms with Crippen LogP contribution in [-0.4, -0.2) is 25.2 Å². The minimum absolute atomic E-state index is 0.0940. The third kappa shape index (κ3) is 3.08. The van der Waals surface area contributed by atoms with Crippen molar-refractivity contribution in [2.45, 2.75) is 19.0 Å². The first kappa shape index (κ1) is 16.7. The van der Waals surface area contributed by atoms with E-state index in [1.807, 2.05) is 0 Å². The summed E-state index contributed by atoms with van der Waals surface area (Å²) in [5, 5.41) is 11.5. The summed E-state index contributed by atoms with van der Waals surface area (Å²) in [6.45, 7) is 1.70. The lowest BCUT2D eigenvalue weighted by atomic mass is 9.89. The second-order valence-corrected chi connectivity index (χ2v) is 6.96. The summed E-state index contributed by atoms with van der Waals surface area (Å²) in [6.07, 6.45) is 1.51. The lowest BCUT2D eigenvalue weighted by Gasteiger charge is -2.24. The molecule has 6 nitrogen and oxygen atoms in total. The van der Waals surface area contributed by atoms with Crippen LogP contribution in [-0.2, 0) is 4.57 Å². The Morgan fingerprint density at radius 3 is 2.36 bits per heavy atom. The van der Waals surface area contributed by atoms with Gasteiger partial charge in [0.15, 0.2) is 0 Å². The number of benzene rings is 1. The minimum Gasteiger partial charge on any atom is -0.324 e. The number of hydrogen-bond donors (Lipinski definition) is 2. The summed E-state index contributed by atoms with van der Waals surface area (Å²) in [5.41, 5.74) is -0.601. The topological polar surface area (TPSA) is 101 Å². The molecule has 116 valence electrons. The van der Waals surface area contributed by atoms with Gasteiger partial charge in [-0.3, -0.25) is 14.7 Å². The third-order valence-corrected chi connectivity index (χ3v) is 5.17. The molecule has 0 heterocycles. The second kappa shape index (κ2) is 6.22. The average molecular weight is 339 g/mol. The highest BCUT2D eigenvalue weighted by atomic mass is 32.1. The Kier molecular flexibility index (Phi) is 4.72. The SMILES string of the molecule is CCC1=C[C@@H](P(=O)(O)O)C(=S)C(c2ccccc2)=C1[N+](=O)[O-]. The van der Waals surface area contributed by atoms with Crippen LogP contribution in [0.15, 0.2) is 47.7 Å². The van der Waals surface area contributed by atoms with Crippen molar-refractivity contribution in [3.8, 4) is 0 Å². The zero-order valence-corrected chi connectivity index (χ0v) is 13.4. The van der Waals surface area contributed by atoms with E-state index in [0.29, 0.717) is 5.56 Å². The van der Waals surface area contributed by atoms with Gasteiger partial charge >= 0.3 is 7.60 Å². The molecular weight excluding hydrogens is 325 g/mol. The van der Waals surface area contributed by atoms with Crippen LogP contribution in [0.1, 0.15) is 18.9 Å². The van der Waals surface area contributed by atoms with E-state index in [1.165, 1.54) is 6.08 Å². The Labute approximate surface area is 132 Å². The highest BCUT2D eigenvalue weighted by Gasteiger charge is 2.41. The first-order valence-electron chi connectivity index (χ1n) is 6.52. The normalized spacial score (nSPS) is 19.1. The van der Waals surface area contributed by atoms with E-state index in [-0.39, 0.29) is 28.1 Å². The van der Waals surface area contributed by atoms with Crippen LogP contribution in [0.25, 0.3) is 5.57 Å². The third-order valence-electron chi connectivity index (χ3n) is 3.40. The minimum atomic E-state index is -4.54. The van der Waals surface area contributed by atoms with Gasteiger partial charge in [-0.05, 0) is 12.0 Å². The summed E-state index contributed by atoms with van der Waals surface area (Å²) in [4.78, 5) is 29.8. The van der Waals surface area contributed by atoms with E-state index >= 15 is 0 Å². The van der Waals surface area contributed by atoms with Gasteiger partial charge in [-0.1, -0.05) is 55.5 Å². The summed E-state index contributed by atoms with van der Waals surface area (Å²) < 4.78 is 11.7. The Morgan fingerprint density at radius 1 is 1.32 bits per heavy atom. The summed E-state index contributed by atoms with van der Waals surface area (Å²) in [5.74, 6) is 0. The lowest BCUT2D eigenvalue weighted by molar-refractivity contribution is -0.419. The Balaban J connectivity index is 2.75. The van der Waals surface area contributed by atoms with Crippen molar-refractivity contribution >= 4 is 30.3 Å². The van der Waals surface area contributed by atoms with E-state index in [4.69, 9.17) is 12.2 Å². The van der Waals surface area contributed by atoms with Gasteiger partial charge in [0.25, 0.3) is 5.70 Å². The van der Waals surface area contributed by atoms with Gasteiger partial charge in [-0.15, -0.1) is 0 Å². The molecular formula is C14H14NO5PS. The molecule has 0 aromatic heterocycles. The summed E-state index contributed by atoms with van der Waals surface area (Å²) >= 11 is 5.18. The predicted molar refractivity (Wildman–Crippen MR) is 87.2 cm³/mol. The van der Waals surface area contributed by atoms with E-state index in [9.17, 15) is 24.5 Å². The molecule has 1 aromatic rings. The fourth-order valence-corrected chi connectivity index (χ4v) is 3.90. The van der Waals surface area contributed by atoms with Crippen LogP contribution in [0, 0.1) is 10.1 Å². The smallest absolute Gasteiger partial charge is 0.324 e. The molecule has 0 saturated carbocycles. The van der Waals surface area contributed by atoms with Crippen LogP contribution in [0.3, 0.4) is 0 Å². The predicted octanol–water partition coefficient (Wildman–Crippen LogP) is 2.94. The zero-order valence-electron chi connectivity index (χ0n) is 11.7. The van der Waals surface area contributed by atoms with Gasteiger partial charge < -0.3 is 9.79 Å². The molecule has 0 radical (unpaired) electrons. The van der Waals surface area contributed by atoms with E-state index < -0.39 is 18.2 Å². The zero-order chi connectivity index (χ0) is 16.5. The molecule has 1 aromatic carbocycles. The molecule has 2 rings (SSSR count). The van der Waals surface area contributed by atoms with Crippen molar-refractivity contribution < 1.29 is 19.3 Å². The molecule has 0 aliphatic heterocycles. The maximum atomic E-state index is 11.7. The van der Waals surface area contributed by atoms with Gasteiger partial charge in [-0.25, -0.2) is 0 Å². The van der Waals surface area contributed by atoms with Gasteiger partial charge in [-0.2, -0.15) is 0 Å². The van der Waals surface area contributed by atoms with Crippen molar-refractivity contribution in [2.24, 2.45) is 0 Å². The molecule has 8 heteroatoms. The first-order valence-corrected chi connectivity index (χ1v) is 8.61. The van der Waals surface area contributed by atoms with Crippen LogP contribution in [0.4, 0.5) is 0 Å². The Hall–Kier alpha value is -1.66. The molecule has 1 aliphatic carbocycles. The standard InChI is InChI=1S/C14H14NO5PS/c1-2-9-8-11(21(18,19)20)14(22)12(13(9)15(16)17)10-6-4-3-5-7-10/h3-8,11H,2H2,1H3,(H2,18,19,20)/t11-/m1/s1. The second-order valence-electron chi connectivity index (χ2n) is 4.79. The quantitative estimate of drug-likeness (QED) is 0.378. The fraction of sp³-hybridized carbons (Fsp3) is 0.214. The van der Waals surface area contributed by atoms with Crippen LogP contribution in [0.5, 0.6) is 0 Å². The highest BCUT2D eigenvalue weighted by Crippen LogP contribution is 2.49. The molecule has 0 unspecified atom stereocenters. The van der Waals surface area contributed by atoms with Crippen molar-refractivity contribution in [2.75, 3.05) is 0 Å². The summed E-state index contributed by atoms with van der Waals surface area (Å²) in [7, 11) is -4.54. The van der Waals surface area contributed by atoms with Gasteiger partial charge in [0.1, 0.15) is 5.66 Å². The number of hydrogen-bond acceptors (Lipinski definition) is 4. The number of nitrogens with zero attached hydrogens (tertiary/aromatic N) is 1. The van der Waals surface area contributed by atoms with Crippen molar-refractivity contribution in [3.63, 3.8) is 0 Å². The van der Waals surface area contributed by atoms with E-state index in [1.54, 1.807) is 37.3 Å². The molecule has 0 amide bonds. The molecule has 1 atom stereocenters. The summed E-state index contributed by atoms with van der Waals surface area (Å²) in [6, 6.07) is 8.41. The number of thiocarbonyl (C=S) groups is 1. The lowest BCUT2D eigenvalue weighted by Crippen LogP contribution is -2.26. The van der Waals surface area contributed by atoms with Crippen molar-refractivity contribution in [1.29, 1.82) is 0 Å². The molecule has 0 bridgehead atoms. The average Bonchev–Trinajstić information content (AvgIpc) is 2.46. The highest BCUT2D eigenvalue weighted by molar-refractivity contribution is 7.82. The molecule has 22 heavy (non-hydrogen) atoms. The number of rotatable bonds is 4. The largest absolute Gasteiger partial charge is 0.337 e. The number of allylic oxidation sites excluding steroid dienone is 3. The maximum Gasteiger partial charge on any atom is 0.337 e. The molecule has 1 aliphatic rings. The molecule has 0 fully saturated rings. The van der Waals surface area contributed by atoms with Crippen molar-refractivity contribution in [1.82, 2.24) is 0 Å². The Bertz CT molecular complexity index is 735. The van der Waals surface area contributed by atoms with Gasteiger partial charge in [0, 0.05) is 10.4 Å². The maximum absolute atomic E-state index is 11.7. The van der Waals surface area contributed by atoms with E-state index in [2.05, 4.69) is 0 Å². The van der Waals surface area contributed by atoms with Crippen LogP contribution in [0.2, 0.25) is 0 Å². The molecule has 0 spiro atoms. The Morgan fingerprint density at radius 2 is 1.91 bits per heavy atom. The fourth-order valence-electron chi connectivity index (χ4n) is 2.40. The van der Waals surface area contributed by atoms with E-state index in [0.717, 1.165) is 0 Å². The molecule has 0 saturated heterocycles. The van der Waals surface area contributed by atoms with Crippen LogP contribution >= 0.6 is 19.8 Å².